The van der Waals surface area contributed by atoms with E-state index >= 15 is 0 Å². The van der Waals surface area contributed by atoms with Crippen molar-refractivity contribution >= 4 is 11.8 Å². The maximum Gasteiger partial charge on any atom is 0.247 e. The lowest BCUT2D eigenvalue weighted by atomic mass is 9.91. The van der Waals surface area contributed by atoms with Gasteiger partial charge in [-0.2, -0.15) is 0 Å². The molecular weight excluding hydrogens is 364 g/mol. The third-order valence-corrected chi connectivity index (χ3v) is 5.79. The fraction of sp³-hybridized carbons (Fsp3) is 0.417. The van der Waals surface area contributed by atoms with Crippen molar-refractivity contribution in [2.45, 2.75) is 45.2 Å². The first-order valence-corrected chi connectivity index (χ1v) is 10.5. The number of hydrogen-bond acceptors (Lipinski definition) is 3. The molecule has 4 rings (SSSR count). The van der Waals surface area contributed by atoms with Crippen molar-refractivity contribution in [1.82, 2.24) is 10.2 Å². The Labute approximate surface area is 172 Å². The second-order valence-corrected chi connectivity index (χ2v) is 7.89. The van der Waals surface area contributed by atoms with Gasteiger partial charge in [0.15, 0.2) is 0 Å². The minimum absolute atomic E-state index is 0.0964. The molecule has 2 atom stereocenters. The highest BCUT2D eigenvalue weighted by Crippen LogP contribution is 2.37. The SMILES string of the molecule is CCOc1ccc([C@@H](C)NC(=O)[C@@H]2c3ccccc3CCN2C(=O)C2CC2)cc1. The Morgan fingerprint density at radius 1 is 1.14 bits per heavy atom. The van der Waals surface area contributed by atoms with Crippen LogP contribution in [0.1, 0.15) is 55.5 Å². The minimum Gasteiger partial charge on any atom is -0.494 e. The zero-order valence-corrected chi connectivity index (χ0v) is 17.1. The average Bonchev–Trinajstić information content (AvgIpc) is 3.58. The lowest BCUT2D eigenvalue weighted by molar-refractivity contribution is -0.142. The first kappa shape index (κ1) is 19.5. The molecule has 5 nitrogen and oxygen atoms in total. The van der Waals surface area contributed by atoms with Gasteiger partial charge in [-0.3, -0.25) is 9.59 Å². The molecule has 5 heteroatoms. The predicted octanol–water partition coefficient (Wildman–Crippen LogP) is 3.80. The number of amides is 2. The van der Waals surface area contributed by atoms with Gasteiger partial charge in [0.25, 0.3) is 0 Å². The van der Waals surface area contributed by atoms with E-state index in [0.717, 1.165) is 41.7 Å². The van der Waals surface area contributed by atoms with Gasteiger partial charge < -0.3 is 15.0 Å². The average molecular weight is 392 g/mol. The third kappa shape index (κ3) is 4.14. The molecule has 2 aromatic carbocycles. The number of rotatable bonds is 6. The van der Waals surface area contributed by atoms with Crippen LogP contribution in [0.2, 0.25) is 0 Å². The summed E-state index contributed by atoms with van der Waals surface area (Å²) in [7, 11) is 0. The maximum atomic E-state index is 13.3. The van der Waals surface area contributed by atoms with Crippen LogP contribution in [0.4, 0.5) is 0 Å². The predicted molar refractivity (Wildman–Crippen MR) is 111 cm³/mol. The fourth-order valence-electron chi connectivity index (χ4n) is 4.05. The Hall–Kier alpha value is -2.82. The van der Waals surface area contributed by atoms with Gasteiger partial charge >= 0.3 is 0 Å². The van der Waals surface area contributed by atoms with Crippen LogP contribution in [0.15, 0.2) is 48.5 Å². The molecule has 2 aliphatic rings. The molecule has 29 heavy (non-hydrogen) atoms. The van der Waals surface area contributed by atoms with E-state index in [1.165, 1.54) is 0 Å². The lowest BCUT2D eigenvalue weighted by Crippen LogP contribution is -2.48. The smallest absolute Gasteiger partial charge is 0.247 e. The zero-order chi connectivity index (χ0) is 20.4. The summed E-state index contributed by atoms with van der Waals surface area (Å²) in [5.74, 6) is 0.914. The monoisotopic (exact) mass is 392 g/mol. The van der Waals surface area contributed by atoms with Crippen molar-refractivity contribution in [2.24, 2.45) is 5.92 Å². The van der Waals surface area contributed by atoms with E-state index in [1.54, 1.807) is 4.90 Å². The van der Waals surface area contributed by atoms with Gasteiger partial charge in [-0.25, -0.2) is 0 Å². The molecule has 0 aromatic heterocycles. The van der Waals surface area contributed by atoms with Crippen LogP contribution in [0, 0.1) is 5.92 Å². The largest absolute Gasteiger partial charge is 0.494 e. The Morgan fingerprint density at radius 2 is 1.86 bits per heavy atom. The summed E-state index contributed by atoms with van der Waals surface area (Å²) in [6.07, 6.45) is 2.68. The van der Waals surface area contributed by atoms with Gasteiger partial charge in [-0.05, 0) is 61.9 Å². The van der Waals surface area contributed by atoms with Crippen LogP contribution in [-0.2, 0) is 16.0 Å². The summed E-state index contributed by atoms with van der Waals surface area (Å²) in [6.45, 7) is 5.14. The van der Waals surface area contributed by atoms with Crippen molar-refractivity contribution in [1.29, 1.82) is 0 Å². The molecule has 0 radical (unpaired) electrons. The number of hydrogen-bond donors (Lipinski definition) is 1. The second kappa shape index (κ2) is 8.27. The van der Waals surface area contributed by atoms with Gasteiger partial charge in [0.1, 0.15) is 11.8 Å². The molecule has 2 aromatic rings. The summed E-state index contributed by atoms with van der Waals surface area (Å²) in [5.41, 5.74) is 3.11. The Morgan fingerprint density at radius 3 is 2.55 bits per heavy atom. The van der Waals surface area contributed by atoms with E-state index in [4.69, 9.17) is 4.74 Å². The number of fused-ring (bicyclic) bond motifs is 1. The maximum absolute atomic E-state index is 13.3. The number of carbonyl (C=O) groups is 2. The Balaban J connectivity index is 1.54. The Kier molecular flexibility index (Phi) is 5.56. The van der Waals surface area contributed by atoms with Gasteiger partial charge in [0.2, 0.25) is 11.8 Å². The molecule has 0 saturated heterocycles. The quantitative estimate of drug-likeness (QED) is 0.814. The van der Waals surface area contributed by atoms with Gasteiger partial charge in [0.05, 0.1) is 12.6 Å². The van der Waals surface area contributed by atoms with Crippen LogP contribution < -0.4 is 10.1 Å². The lowest BCUT2D eigenvalue weighted by Gasteiger charge is -2.37. The molecule has 152 valence electrons. The molecule has 0 spiro atoms. The number of nitrogens with one attached hydrogen (secondary N) is 1. The van der Waals surface area contributed by atoms with Crippen molar-refractivity contribution in [3.05, 3.63) is 65.2 Å². The van der Waals surface area contributed by atoms with Gasteiger partial charge in [-0.15, -0.1) is 0 Å². The van der Waals surface area contributed by atoms with Crippen LogP contribution in [-0.4, -0.2) is 29.9 Å². The molecule has 1 N–H and O–H groups in total. The summed E-state index contributed by atoms with van der Waals surface area (Å²) >= 11 is 0. The van der Waals surface area contributed by atoms with E-state index in [2.05, 4.69) is 11.4 Å². The Bertz CT molecular complexity index is 889. The van der Waals surface area contributed by atoms with Crippen LogP contribution >= 0.6 is 0 Å². The molecule has 1 fully saturated rings. The van der Waals surface area contributed by atoms with E-state index in [1.807, 2.05) is 56.3 Å². The first-order valence-electron chi connectivity index (χ1n) is 10.5. The highest BCUT2D eigenvalue weighted by atomic mass is 16.5. The zero-order valence-electron chi connectivity index (χ0n) is 17.1. The summed E-state index contributed by atoms with van der Waals surface area (Å²) in [6, 6.07) is 15.0. The van der Waals surface area contributed by atoms with E-state index in [9.17, 15) is 9.59 Å². The molecule has 0 bridgehead atoms. The molecule has 1 heterocycles. The fourth-order valence-corrected chi connectivity index (χ4v) is 4.05. The minimum atomic E-state index is -0.557. The standard InChI is InChI=1S/C24H28N2O3/c1-3-29-20-12-10-17(11-13-20)16(2)25-23(27)22-21-7-5-4-6-18(21)14-15-26(22)24(28)19-8-9-19/h4-7,10-13,16,19,22H,3,8-9,14-15H2,1-2H3,(H,25,27)/t16-,22+/m1/s1. The topological polar surface area (TPSA) is 58.6 Å². The van der Waals surface area contributed by atoms with Crippen LogP contribution in [0.25, 0.3) is 0 Å². The van der Waals surface area contributed by atoms with Crippen molar-refractivity contribution < 1.29 is 14.3 Å². The van der Waals surface area contributed by atoms with Crippen LogP contribution in [0.3, 0.4) is 0 Å². The molecule has 1 saturated carbocycles. The second-order valence-electron chi connectivity index (χ2n) is 7.89. The van der Waals surface area contributed by atoms with Crippen molar-refractivity contribution in [2.75, 3.05) is 13.2 Å². The molecule has 1 aliphatic heterocycles. The summed E-state index contributed by atoms with van der Waals surface area (Å²) < 4.78 is 5.49. The molecule has 0 unspecified atom stereocenters. The number of benzene rings is 2. The van der Waals surface area contributed by atoms with E-state index in [-0.39, 0.29) is 23.8 Å². The van der Waals surface area contributed by atoms with Crippen LogP contribution in [0.5, 0.6) is 5.75 Å². The molecule has 2 amide bonds. The highest BCUT2D eigenvalue weighted by Gasteiger charge is 2.41. The van der Waals surface area contributed by atoms with E-state index < -0.39 is 6.04 Å². The number of ether oxygens (including phenoxy) is 1. The van der Waals surface area contributed by atoms with Crippen molar-refractivity contribution in [3.8, 4) is 5.75 Å². The summed E-state index contributed by atoms with van der Waals surface area (Å²) in [5, 5.41) is 3.13. The van der Waals surface area contributed by atoms with Gasteiger partial charge in [-0.1, -0.05) is 36.4 Å². The molecular formula is C24H28N2O3. The van der Waals surface area contributed by atoms with Gasteiger partial charge in [0, 0.05) is 12.5 Å². The third-order valence-electron chi connectivity index (χ3n) is 5.79. The van der Waals surface area contributed by atoms with Crippen molar-refractivity contribution in [3.63, 3.8) is 0 Å². The highest BCUT2D eigenvalue weighted by molar-refractivity contribution is 5.91. The molecule has 1 aliphatic carbocycles. The summed E-state index contributed by atoms with van der Waals surface area (Å²) in [4.78, 5) is 28.0. The first-order chi connectivity index (χ1) is 14.1. The number of carbonyl (C=O) groups excluding carboxylic acids is 2. The number of nitrogens with zero attached hydrogens (tertiary/aromatic N) is 1. The van der Waals surface area contributed by atoms with E-state index in [0.29, 0.717) is 13.2 Å². The normalized spacial score (nSPS) is 19.2.